The molecule has 0 spiro atoms. The molecule has 0 aliphatic heterocycles. The molecule has 3 rings (SSSR count). The molecule has 2 aromatic carbocycles. The number of rotatable bonds is 6. The van der Waals surface area contributed by atoms with Crippen molar-refractivity contribution in [1.29, 1.82) is 0 Å². The van der Waals surface area contributed by atoms with Crippen LogP contribution in [0.2, 0.25) is 0 Å². The van der Waals surface area contributed by atoms with E-state index >= 15 is 0 Å². The quantitative estimate of drug-likeness (QED) is 0.311. The largest absolute Gasteiger partial charge is 0.484 e. The fraction of sp³-hybridized carbons (Fsp3) is 0.250. The number of nitro groups is 1. The normalized spacial score (nSPS) is 11.5. The first-order valence-corrected chi connectivity index (χ1v) is 9.80. The lowest BCUT2D eigenvalue weighted by Crippen LogP contribution is -2.22. The van der Waals surface area contributed by atoms with E-state index in [0.717, 1.165) is 4.47 Å². The van der Waals surface area contributed by atoms with Crippen molar-refractivity contribution in [2.45, 2.75) is 33.3 Å². The van der Waals surface area contributed by atoms with E-state index in [1.165, 1.54) is 17.0 Å². The summed E-state index contributed by atoms with van der Waals surface area (Å²) >= 11 is 3.36. The minimum absolute atomic E-state index is 0.110. The van der Waals surface area contributed by atoms with Crippen LogP contribution in [0.5, 0.6) is 5.75 Å². The first-order chi connectivity index (χ1) is 13.8. The van der Waals surface area contributed by atoms with Gasteiger partial charge in [-0.15, -0.1) is 0 Å². The fourth-order valence-electron chi connectivity index (χ4n) is 2.81. The van der Waals surface area contributed by atoms with Crippen molar-refractivity contribution in [3.8, 4) is 5.75 Å². The zero-order valence-corrected chi connectivity index (χ0v) is 17.7. The fourth-order valence-corrected chi connectivity index (χ4v) is 3.18. The summed E-state index contributed by atoms with van der Waals surface area (Å²) < 4.78 is 7.63. The lowest BCUT2D eigenvalue weighted by atomic mass is 10.2. The van der Waals surface area contributed by atoms with Crippen molar-refractivity contribution in [2.75, 3.05) is 0 Å². The molecule has 150 valence electrons. The van der Waals surface area contributed by atoms with Crippen molar-refractivity contribution in [3.63, 3.8) is 0 Å². The van der Waals surface area contributed by atoms with Crippen molar-refractivity contribution >= 4 is 38.7 Å². The molecule has 29 heavy (non-hydrogen) atoms. The van der Waals surface area contributed by atoms with Gasteiger partial charge in [0.25, 0.3) is 5.56 Å². The summed E-state index contributed by atoms with van der Waals surface area (Å²) in [5.41, 5.74) is 0.504. The highest BCUT2D eigenvalue weighted by molar-refractivity contribution is 9.10. The van der Waals surface area contributed by atoms with E-state index in [1.807, 2.05) is 13.0 Å². The molecule has 9 heteroatoms. The third kappa shape index (κ3) is 4.34. The predicted molar refractivity (Wildman–Crippen MR) is 115 cm³/mol. The highest BCUT2D eigenvalue weighted by atomic mass is 79.9. The van der Waals surface area contributed by atoms with Gasteiger partial charge in [-0.2, -0.15) is 9.78 Å². The van der Waals surface area contributed by atoms with E-state index in [0.29, 0.717) is 28.7 Å². The molecule has 0 bridgehead atoms. The van der Waals surface area contributed by atoms with Crippen LogP contribution in [0.3, 0.4) is 0 Å². The number of nitrogens with zero attached hydrogens (tertiary/aromatic N) is 4. The van der Waals surface area contributed by atoms with E-state index in [4.69, 9.17) is 4.74 Å². The smallest absolute Gasteiger partial charge is 0.311 e. The average molecular weight is 459 g/mol. The Bertz CT molecular complexity index is 1170. The van der Waals surface area contributed by atoms with Gasteiger partial charge in [0.2, 0.25) is 5.75 Å². The summed E-state index contributed by atoms with van der Waals surface area (Å²) in [7, 11) is 0. The molecular weight excluding hydrogens is 440 g/mol. The first-order valence-electron chi connectivity index (χ1n) is 9.01. The minimum atomic E-state index is -0.506. The molecule has 1 heterocycles. The van der Waals surface area contributed by atoms with Gasteiger partial charge < -0.3 is 4.74 Å². The molecule has 1 aromatic heterocycles. The van der Waals surface area contributed by atoms with Crippen LogP contribution in [0.4, 0.5) is 5.69 Å². The number of aryl methyl sites for hydroxylation is 1. The molecule has 0 fully saturated rings. The van der Waals surface area contributed by atoms with Gasteiger partial charge in [-0.05, 0) is 38.1 Å². The summed E-state index contributed by atoms with van der Waals surface area (Å²) in [5, 5.41) is 16.1. The predicted octanol–water partition coefficient (Wildman–Crippen LogP) is 4.30. The summed E-state index contributed by atoms with van der Waals surface area (Å²) in [6.45, 7) is 5.43. The topological polar surface area (TPSA) is 99.6 Å². The highest BCUT2D eigenvalue weighted by Gasteiger charge is 2.19. The van der Waals surface area contributed by atoms with Crippen molar-refractivity contribution in [1.82, 2.24) is 9.66 Å². The molecule has 0 aliphatic rings. The number of aromatic nitrogens is 2. The van der Waals surface area contributed by atoms with Gasteiger partial charge in [-0.1, -0.05) is 28.9 Å². The number of para-hydroxylation sites is 1. The number of fused-ring (bicyclic) bond motifs is 1. The Hall–Kier alpha value is -3.07. The number of hydrogen-bond donors (Lipinski definition) is 0. The zero-order chi connectivity index (χ0) is 21.1. The molecule has 0 atom stereocenters. The lowest BCUT2D eigenvalue weighted by molar-refractivity contribution is -0.386. The first kappa shape index (κ1) is 20.7. The molecule has 0 aliphatic carbocycles. The van der Waals surface area contributed by atoms with Crippen molar-refractivity contribution in [2.24, 2.45) is 5.10 Å². The molecule has 3 aromatic rings. The van der Waals surface area contributed by atoms with Gasteiger partial charge in [-0.3, -0.25) is 14.9 Å². The van der Waals surface area contributed by atoms with Crippen LogP contribution in [0.15, 0.2) is 50.8 Å². The summed E-state index contributed by atoms with van der Waals surface area (Å²) in [5.74, 6) is 0.594. The number of ether oxygens (including phenoxy) is 1. The Morgan fingerprint density at radius 2 is 2.10 bits per heavy atom. The van der Waals surface area contributed by atoms with E-state index in [1.54, 1.807) is 38.1 Å². The summed E-state index contributed by atoms with van der Waals surface area (Å²) in [6.07, 6.45) is 1.61. The highest BCUT2D eigenvalue weighted by Crippen LogP contribution is 2.31. The molecule has 8 nitrogen and oxygen atoms in total. The van der Waals surface area contributed by atoms with Crippen LogP contribution < -0.4 is 10.3 Å². The molecule has 0 amide bonds. The zero-order valence-electron chi connectivity index (χ0n) is 16.1. The maximum atomic E-state index is 13.0. The van der Waals surface area contributed by atoms with Gasteiger partial charge in [0, 0.05) is 22.5 Å². The van der Waals surface area contributed by atoms with Gasteiger partial charge in [0.15, 0.2) is 0 Å². The van der Waals surface area contributed by atoms with Gasteiger partial charge in [0.1, 0.15) is 5.82 Å². The van der Waals surface area contributed by atoms with Crippen LogP contribution in [-0.2, 0) is 6.42 Å². The standard InChI is InChI=1S/C20H19BrN4O4/c1-4-18-23-16-9-8-14(21)10-15(16)20(26)24(18)22-11-13-6-5-7-17(25(27)28)19(13)29-12(2)3/h5-12H,4H2,1-3H3. The minimum Gasteiger partial charge on any atom is -0.484 e. The monoisotopic (exact) mass is 458 g/mol. The number of nitro benzene ring substituents is 1. The molecular formula is C20H19BrN4O4. The maximum Gasteiger partial charge on any atom is 0.311 e. The van der Waals surface area contributed by atoms with Crippen LogP contribution in [-0.4, -0.2) is 26.9 Å². The van der Waals surface area contributed by atoms with Crippen LogP contribution >= 0.6 is 15.9 Å². The Labute approximate surface area is 175 Å². The Kier molecular flexibility index (Phi) is 6.07. The van der Waals surface area contributed by atoms with Crippen molar-refractivity contribution in [3.05, 3.63) is 72.7 Å². The van der Waals surface area contributed by atoms with E-state index in [-0.39, 0.29) is 23.1 Å². The Morgan fingerprint density at radius 3 is 2.76 bits per heavy atom. The van der Waals surface area contributed by atoms with E-state index in [9.17, 15) is 14.9 Å². The second-order valence-electron chi connectivity index (χ2n) is 6.52. The van der Waals surface area contributed by atoms with E-state index in [2.05, 4.69) is 26.0 Å². The molecule has 0 saturated carbocycles. The Morgan fingerprint density at radius 1 is 1.34 bits per heavy atom. The second-order valence-corrected chi connectivity index (χ2v) is 7.44. The van der Waals surface area contributed by atoms with Gasteiger partial charge >= 0.3 is 5.69 Å². The average Bonchev–Trinajstić information content (AvgIpc) is 2.67. The third-order valence-electron chi connectivity index (χ3n) is 4.08. The lowest BCUT2D eigenvalue weighted by Gasteiger charge is -2.12. The van der Waals surface area contributed by atoms with Crippen molar-refractivity contribution < 1.29 is 9.66 Å². The summed E-state index contributed by atoms with van der Waals surface area (Å²) in [6, 6.07) is 9.84. The number of hydrogen-bond acceptors (Lipinski definition) is 6. The van der Waals surface area contributed by atoms with Crippen LogP contribution in [0.1, 0.15) is 32.2 Å². The molecule has 0 unspecified atom stereocenters. The number of benzene rings is 2. The van der Waals surface area contributed by atoms with E-state index < -0.39 is 4.92 Å². The Balaban J connectivity index is 2.16. The number of halogens is 1. The third-order valence-corrected chi connectivity index (χ3v) is 4.57. The maximum absolute atomic E-state index is 13.0. The molecule has 0 N–H and O–H groups in total. The van der Waals surface area contributed by atoms with Crippen LogP contribution in [0, 0.1) is 10.1 Å². The van der Waals surface area contributed by atoms with Gasteiger partial charge in [-0.25, -0.2) is 4.98 Å². The molecule has 0 radical (unpaired) electrons. The summed E-state index contributed by atoms with van der Waals surface area (Å²) in [4.78, 5) is 28.3. The van der Waals surface area contributed by atoms with Crippen LogP contribution in [0.25, 0.3) is 10.9 Å². The molecule has 0 saturated heterocycles. The van der Waals surface area contributed by atoms with Gasteiger partial charge in [0.05, 0.1) is 28.1 Å². The second kappa shape index (κ2) is 8.52. The SMILES string of the molecule is CCc1nc2ccc(Br)cc2c(=O)n1N=Cc1cccc([N+](=O)[O-])c1OC(C)C.